The number of carbonyl (C=O) groups is 1. The first-order chi connectivity index (χ1) is 19.3. The van der Waals surface area contributed by atoms with Crippen molar-refractivity contribution >= 4 is 43.8 Å². The van der Waals surface area contributed by atoms with Gasteiger partial charge >= 0.3 is 0 Å². The van der Waals surface area contributed by atoms with E-state index >= 15 is 0 Å². The molecule has 0 unspecified atom stereocenters. The molecule has 7 nitrogen and oxygen atoms in total. The predicted molar refractivity (Wildman–Crippen MR) is 164 cm³/mol. The van der Waals surface area contributed by atoms with Crippen LogP contribution in [0.2, 0.25) is 0 Å². The minimum atomic E-state index is -3.92. The molecule has 1 aliphatic rings. The number of hydrogen-bond donors (Lipinski definition) is 2. The standard InChI is InChI=1S/C32H36N4O3S/c1-4-18-35-19-21-36(22-20-35)30-15-9-14-28(24(30)3)34-40(38,39)31-17-16-29(26-12-7-8-13-27(26)31)33-32(37)25-11-6-5-10-23(25)2/h5-17,34H,4,18-22H2,1-3H3,(H,33,37). The number of nitrogens with zero attached hydrogens (tertiary/aromatic N) is 2. The third-order valence-corrected chi connectivity index (χ3v) is 9.04. The molecular formula is C32H36N4O3S. The molecule has 0 aliphatic carbocycles. The van der Waals surface area contributed by atoms with Crippen LogP contribution in [0.15, 0.2) is 83.8 Å². The first kappa shape index (κ1) is 27.7. The molecule has 1 heterocycles. The Labute approximate surface area is 236 Å². The summed E-state index contributed by atoms with van der Waals surface area (Å²) in [5.41, 5.74) is 4.52. The van der Waals surface area contributed by atoms with Crippen LogP contribution in [0.5, 0.6) is 0 Å². The van der Waals surface area contributed by atoms with Crippen molar-refractivity contribution in [1.29, 1.82) is 0 Å². The lowest BCUT2D eigenvalue weighted by Gasteiger charge is -2.37. The van der Waals surface area contributed by atoms with E-state index in [0.717, 1.165) is 56.0 Å². The fraction of sp³-hybridized carbons (Fsp3) is 0.281. The number of fused-ring (bicyclic) bond motifs is 1. The summed E-state index contributed by atoms with van der Waals surface area (Å²) >= 11 is 0. The summed E-state index contributed by atoms with van der Waals surface area (Å²) in [5, 5.41) is 4.17. The van der Waals surface area contributed by atoms with E-state index in [0.29, 0.717) is 27.7 Å². The van der Waals surface area contributed by atoms with E-state index < -0.39 is 10.0 Å². The van der Waals surface area contributed by atoms with Crippen LogP contribution in [0.25, 0.3) is 10.8 Å². The van der Waals surface area contributed by atoms with Gasteiger partial charge in [-0.3, -0.25) is 14.4 Å². The third-order valence-electron chi connectivity index (χ3n) is 7.61. The van der Waals surface area contributed by atoms with E-state index in [-0.39, 0.29) is 10.8 Å². The predicted octanol–water partition coefficient (Wildman–Crippen LogP) is 6.04. The van der Waals surface area contributed by atoms with Gasteiger partial charge in [0.15, 0.2) is 0 Å². The second-order valence-corrected chi connectivity index (χ2v) is 12.0. The molecule has 40 heavy (non-hydrogen) atoms. The Hall–Kier alpha value is -3.88. The number of benzene rings is 4. The van der Waals surface area contributed by atoms with Crippen molar-refractivity contribution in [3.63, 3.8) is 0 Å². The lowest BCUT2D eigenvalue weighted by atomic mass is 10.1. The molecule has 4 aromatic rings. The summed E-state index contributed by atoms with van der Waals surface area (Å²) in [6.07, 6.45) is 1.14. The molecule has 1 aliphatic heterocycles. The van der Waals surface area contributed by atoms with Crippen LogP contribution in [0.4, 0.5) is 17.1 Å². The van der Waals surface area contributed by atoms with Crippen LogP contribution in [0.3, 0.4) is 0 Å². The van der Waals surface area contributed by atoms with Gasteiger partial charge in [0.2, 0.25) is 0 Å². The van der Waals surface area contributed by atoms with Crippen molar-refractivity contribution < 1.29 is 13.2 Å². The Morgan fingerprint density at radius 3 is 2.23 bits per heavy atom. The summed E-state index contributed by atoms with van der Waals surface area (Å²) in [6.45, 7) is 11.0. The number of piperazine rings is 1. The zero-order valence-corrected chi connectivity index (χ0v) is 24.1. The molecule has 1 fully saturated rings. The number of aryl methyl sites for hydroxylation is 1. The SMILES string of the molecule is CCCN1CCN(c2cccc(NS(=O)(=O)c3ccc(NC(=O)c4ccccc4C)c4ccccc34)c2C)CC1. The fourth-order valence-electron chi connectivity index (χ4n) is 5.44. The van der Waals surface area contributed by atoms with Crippen LogP contribution in [-0.4, -0.2) is 51.9 Å². The van der Waals surface area contributed by atoms with E-state index in [1.54, 1.807) is 30.3 Å². The van der Waals surface area contributed by atoms with Crippen molar-refractivity contribution in [2.24, 2.45) is 0 Å². The number of nitrogens with one attached hydrogen (secondary N) is 2. The van der Waals surface area contributed by atoms with E-state index in [2.05, 4.69) is 32.8 Å². The van der Waals surface area contributed by atoms with Crippen LogP contribution in [-0.2, 0) is 10.0 Å². The van der Waals surface area contributed by atoms with Gasteiger partial charge in [0, 0.05) is 53.9 Å². The Bertz CT molecular complexity index is 1640. The van der Waals surface area contributed by atoms with Crippen LogP contribution >= 0.6 is 0 Å². The maximum Gasteiger partial charge on any atom is 0.262 e. The molecule has 0 saturated carbocycles. The average Bonchev–Trinajstić information content (AvgIpc) is 2.95. The number of amides is 1. The van der Waals surface area contributed by atoms with Gasteiger partial charge in [-0.05, 0) is 68.3 Å². The lowest BCUT2D eigenvalue weighted by Crippen LogP contribution is -2.46. The molecule has 0 spiro atoms. The Morgan fingerprint density at radius 2 is 1.50 bits per heavy atom. The molecule has 5 rings (SSSR count). The highest BCUT2D eigenvalue weighted by atomic mass is 32.2. The zero-order valence-electron chi connectivity index (χ0n) is 23.3. The molecule has 0 bridgehead atoms. The highest BCUT2D eigenvalue weighted by Crippen LogP contribution is 2.33. The molecule has 8 heteroatoms. The second kappa shape index (κ2) is 11.7. The van der Waals surface area contributed by atoms with Crippen molar-refractivity contribution in [3.8, 4) is 0 Å². The first-order valence-corrected chi connectivity index (χ1v) is 15.3. The molecule has 1 amide bonds. The summed E-state index contributed by atoms with van der Waals surface area (Å²) in [5.74, 6) is -0.236. The minimum absolute atomic E-state index is 0.162. The summed E-state index contributed by atoms with van der Waals surface area (Å²) in [4.78, 5) is 18.0. The average molecular weight is 557 g/mol. The third kappa shape index (κ3) is 5.69. The first-order valence-electron chi connectivity index (χ1n) is 13.8. The zero-order chi connectivity index (χ0) is 28.3. The van der Waals surface area contributed by atoms with Gasteiger partial charge in [-0.2, -0.15) is 0 Å². The molecule has 0 atom stereocenters. The molecule has 208 valence electrons. The largest absolute Gasteiger partial charge is 0.369 e. The normalized spacial score (nSPS) is 14.3. The molecule has 4 aromatic carbocycles. The van der Waals surface area contributed by atoms with Crippen molar-refractivity contribution in [2.45, 2.75) is 32.1 Å². The van der Waals surface area contributed by atoms with Crippen LogP contribution in [0.1, 0.15) is 34.8 Å². The second-order valence-electron chi connectivity index (χ2n) is 10.3. The van der Waals surface area contributed by atoms with Gasteiger partial charge in [0.1, 0.15) is 0 Å². The van der Waals surface area contributed by atoms with Crippen molar-refractivity contribution in [3.05, 3.63) is 95.6 Å². The number of hydrogen-bond acceptors (Lipinski definition) is 5. The molecule has 1 saturated heterocycles. The van der Waals surface area contributed by atoms with Crippen LogP contribution < -0.4 is 14.9 Å². The van der Waals surface area contributed by atoms with E-state index in [1.807, 2.05) is 56.3 Å². The van der Waals surface area contributed by atoms with Gasteiger partial charge in [-0.15, -0.1) is 0 Å². The number of anilines is 3. The van der Waals surface area contributed by atoms with Gasteiger partial charge in [-0.1, -0.05) is 55.5 Å². The fourth-order valence-corrected chi connectivity index (χ4v) is 6.77. The highest BCUT2D eigenvalue weighted by molar-refractivity contribution is 7.93. The van der Waals surface area contributed by atoms with E-state index in [9.17, 15) is 13.2 Å². The maximum absolute atomic E-state index is 13.8. The Morgan fingerprint density at radius 1 is 0.800 bits per heavy atom. The Kier molecular flexibility index (Phi) is 8.09. The van der Waals surface area contributed by atoms with Crippen LogP contribution in [0, 0.1) is 13.8 Å². The molecule has 2 N–H and O–H groups in total. The van der Waals surface area contributed by atoms with Gasteiger partial charge in [-0.25, -0.2) is 8.42 Å². The lowest BCUT2D eigenvalue weighted by molar-refractivity contribution is 0.102. The smallest absolute Gasteiger partial charge is 0.262 e. The van der Waals surface area contributed by atoms with Gasteiger partial charge in [0.05, 0.1) is 10.6 Å². The van der Waals surface area contributed by atoms with E-state index in [1.165, 1.54) is 0 Å². The number of carbonyl (C=O) groups excluding carboxylic acids is 1. The van der Waals surface area contributed by atoms with Gasteiger partial charge < -0.3 is 10.2 Å². The quantitative estimate of drug-likeness (QED) is 0.277. The summed E-state index contributed by atoms with van der Waals surface area (Å²) in [7, 11) is -3.92. The van der Waals surface area contributed by atoms with Crippen molar-refractivity contribution in [2.75, 3.05) is 47.7 Å². The summed E-state index contributed by atoms with van der Waals surface area (Å²) in [6, 6.07) is 23.6. The summed E-state index contributed by atoms with van der Waals surface area (Å²) < 4.78 is 30.3. The molecule has 0 aromatic heterocycles. The monoisotopic (exact) mass is 556 g/mol. The maximum atomic E-state index is 13.8. The Balaban J connectivity index is 1.42. The molecular weight excluding hydrogens is 520 g/mol. The number of rotatable bonds is 8. The number of sulfonamides is 1. The topological polar surface area (TPSA) is 81.8 Å². The highest BCUT2D eigenvalue weighted by Gasteiger charge is 2.23. The minimum Gasteiger partial charge on any atom is -0.369 e. The molecule has 0 radical (unpaired) electrons. The van der Waals surface area contributed by atoms with Gasteiger partial charge in [0.25, 0.3) is 15.9 Å². The van der Waals surface area contributed by atoms with E-state index in [4.69, 9.17) is 0 Å². The van der Waals surface area contributed by atoms with Crippen molar-refractivity contribution in [1.82, 2.24) is 4.90 Å².